The van der Waals surface area contributed by atoms with E-state index in [4.69, 9.17) is 37.8 Å². The van der Waals surface area contributed by atoms with Crippen LogP contribution in [-0.2, 0) is 15.6 Å². The lowest BCUT2D eigenvalue weighted by Gasteiger charge is -2.39. The number of aliphatic hydroxyl groups is 1. The summed E-state index contributed by atoms with van der Waals surface area (Å²) in [6, 6.07) is 51.3. The van der Waals surface area contributed by atoms with Gasteiger partial charge >= 0.3 is 0 Å². The predicted molar refractivity (Wildman–Crippen MR) is 327 cm³/mol. The molecule has 1 saturated carbocycles. The number of anilines is 1. The van der Waals surface area contributed by atoms with Crippen LogP contribution in [0.2, 0.25) is 10.0 Å². The summed E-state index contributed by atoms with van der Waals surface area (Å²) in [5.41, 5.74) is 7.15. The molecule has 1 amide bonds. The molecule has 0 unspecified atom stereocenters. The molecule has 11 rings (SSSR count). The predicted octanol–water partition coefficient (Wildman–Crippen LogP) is 14.2. The Balaban J connectivity index is 0.899. The smallest absolute Gasteiger partial charge is 0.268 e. The summed E-state index contributed by atoms with van der Waals surface area (Å²) in [6.45, 7) is 12.7. The van der Waals surface area contributed by atoms with E-state index in [1.165, 1.54) is 22.8 Å². The number of sulfonamides is 1. The van der Waals surface area contributed by atoms with Crippen LogP contribution in [0.1, 0.15) is 105 Å². The fourth-order valence-electron chi connectivity index (χ4n) is 12.3. The Morgan fingerprint density at radius 1 is 0.768 bits per heavy atom. The minimum absolute atomic E-state index is 0.000150. The number of pyridine rings is 1. The molecule has 8 aromatic rings. The van der Waals surface area contributed by atoms with Crippen molar-refractivity contribution in [3.63, 3.8) is 0 Å². The number of allylic oxidation sites excluding steroid dienone is 1. The third kappa shape index (κ3) is 12.2. The Labute approximate surface area is 491 Å². The number of piperazine rings is 1. The number of aromatic nitrogens is 3. The van der Waals surface area contributed by atoms with E-state index in [1.807, 2.05) is 122 Å². The van der Waals surface area contributed by atoms with E-state index < -0.39 is 27.1 Å². The molecular weight excluding hydrogens is 1090 g/mol. The number of fused-ring (bicyclic) bond motifs is 1. The Bertz CT molecular complexity index is 3610. The number of nitrogens with zero attached hydrogens (tertiary/aromatic N) is 5. The van der Waals surface area contributed by atoms with E-state index >= 15 is 0 Å². The minimum atomic E-state index is -4.52. The molecule has 0 bridgehead atoms. The minimum Gasteiger partial charge on any atom is -0.476 e. The van der Waals surface area contributed by atoms with Gasteiger partial charge in [0.15, 0.2) is 0 Å². The number of benzene rings is 6. The average Bonchev–Trinajstić information content (AvgIpc) is 4.05. The highest BCUT2D eigenvalue weighted by Gasteiger charge is 2.40. The molecule has 0 atom stereocenters. The van der Waals surface area contributed by atoms with E-state index in [9.17, 15) is 18.3 Å². The number of carbonyl (C=O) groups excluding carboxylic acids is 1. The maximum atomic E-state index is 14.6. The van der Waals surface area contributed by atoms with Crippen molar-refractivity contribution in [2.45, 2.75) is 88.7 Å². The summed E-state index contributed by atoms with van der Waals surface area (Å²) in [4.78, 5) is 23.4. The molecule has 2 N–H and O–H groups in total. The second kappa shape index (κ2) is 23.7. The van der Waals surface area contributed by atoms with Crippen molar-refractivity contribution in [2.75, 3.05) is 44.2 Å². The summed E-state index contributed by atoms with van der Waals surface area (Å²) in [5.74, 6) is 0.247. The maximum Gasteiger partial charge on any atom is 0.268 e. The van der Waals surface area contributed by atoms with E-state index in [0.717, 1.165) is 98.2 Å². The molecule has 15 heteroatoms. The van der Waals surface area contributed by atoms with Crippen molar-refractivity contribution in [3.8, 4) is 17.4 Å². The van der Waals surface area contributed by atoms with Crippen molar-refractivity contribution < 1.29 is 27.8 Å². The van der Waals surface area contributed by atoms with Gasteiger partial charge in [0.25, 0.3) is 15.9 Å². The molecule has 12 nitrogen and oxygen atoms in total. The number of rotatable bonds is 17. The SMILES string of the molecule is CC1(C)CCC(CN2CCN(c3ccc(C(=O)NS(=O)(=O)c4cnc(OC[C@H]5CC[C@H](C(C)(C)O)CC5)c(Cl)c4)c(Oc4cccc5nn(C(c6ccccc6)(c6ccccc6)c6ccccc6)cc45)c3)CC2)=C(c2ccc(Cl)cc2)C1. The topological polar surface area (TPSA) is 139 Å². The molecular formula is C67H70Cl2N6O6S. The van der Waals surface area contributed by atoms with Crippen LogP contribution >= 0.6 is 23.2 Å². The summed E-state index contributed by atoms with van der Waals surface area (Å²) in [5, 5.41) is 17.2. The molecule has 2 aliphatic carbocycles. The van der Waals surface area contributed by atoms with Gasteiger partial charge in [0.1, 0.15) is 27.0 Å². The number of hydrogen-bond acceptors (Lipinski definition) is 10. The molecule has 2 aromatic heterocycles. The lowest BCUT2D eigenvalue weighted by atomic mass is 9.72. The fourth-order valence-corrected chi connectivity index (χ4v) is 13.7. The number of hydrogen-bond donors (Lipinski definition) is 2. The number of nitrogens with one attached hydrogen (secondary N) is 1. The Morgan fingerprint density at radius 3 is 2.01 bits per heavy atom. The highest BCUT2D eigenvalue weighted by atomic mass is 35.5. The van der Waals surface area contributed by atoms with E-state index in [-0.39, 0.29) is 44.4 Å². The van der Waals surface area contributed by atoms with Gasteiger partial charge in [-0.2, -0.15) is 5.10 Å². The van der Waals surface area contributed by atoms with Gasteiger partial charge in [-0.25, -0.2) is 18.1 Å². The highest BCUT2D eigenvalue weighted by molar-refractivity contribution is 7.90. The Kier molecular flexibility index (Phi) is 16.4. The summed E-state index contributed by atoms with van der Waals surface area (Å²) >= 11 is 13.0. The van der Waals surface area contributed by atoms with Crippen LogP contribution in [0.15, 0.2) is 181 Å². The Hall–Kier alpha value is -7.00. The van der Waals surface area contributed by atoms with Crippen LogP contribution in [0.5, 0.6) is 17.4 Å². The van der Waals surface area contributed by atoms with Crippen LogP contribution in [0.4, 0.5) is 5.69 Å². The van der Waals surface area contributed by atoms with Gasteiger partial charge in [-0.1, -0.05) is 152 Å². The third-order valence-corrected chi connectivity index (χ3v) is 18.8. The number of amides is 1. The van der Waals surface area contributed by atoms with Gasteiger partial charge in [0.2, 0.25) is 5.88 Å². The summed E-state index contributed by atoms with van der Waals surface area (Å²) < 4.78 is 45.6. The van der Waals surface area contributed by atoms with Crippen LogP contribution in [0.25, 0.3) is 16.5 Å². The van der Waals surface area contributed by atoms with E-state index in [2.05, 4.69) is 81.9 Å². The zero-order valence-corrected chi connectivity index (χ0v) is 49.2. The normalized spacial score (nSPS) is 18.1. The summed E-state index contributed by atoms with van der Waals surface area (Å²) in [7, 11) is -4.52. The lowest BCUT2D eigenvalue weighted by Crippen LogP contribution is -2.47. The van der Waals surface area contributed by atoms with Gasteiger partial charge < -0.3 is 19.5 Å². The highest BCUT2D eigenvalue weighted by Crippen LogP contribution is 2.45. The monoisotopic (exact) mass is 1160 g/mol. The largest absolute Gasteiger partial charge is 0.476 e. The molecule has 3 aliphatic rings. The van der Waals surface area contributed by atoms with Crippen molar-refractivity contribution in [1.29, 1.82) is 0 Å². The number of halogens is 2. The molecule has 2 fully saturated rings. The van der Waals surface area contributed by atoms with E-state index in [1.54, 1.807) is 6.07 Å². The molecule has 424 valence electrons. The van der Waals surface area contributed by atoms with Crippen LogP contribution in [-0.4, -0.2) is 84.0 Å². The molecule has 6 aromatic carbocycles. The zero-order valence-electron chi connectivity index (χ0n) is 46.9. The van der Waals surface area contributed by atoms with Gasteiger partial charge in [0.05, 0.1) is 34.9 Å². The first-order chi connectivity index (χ1) is 39.4. The first-order valence-corrected chi connectivity index (χ1v) is 30.7. The third-order valence-electron chi connectivity index (χ3n) is 17.0. The van der Waals surface area contributed by atoms with Crippen LogP contribution in [0, 0.1) is 17.3 Å². The fraction of sp³-hybridized carbons (Fsp3) is 0.328. The van der Waals surface area contributed by atoms with E-state index in [0.29, 0.717) is 36.3 Å². The second-order valence-corrected chi connectivity index (χ2v) is 26.1. The summed E-state index contributed by atoms with van der Waals surface area (Å²) in [6.07, 6.45) is 9.84. The van der Waals surface area contributed by atoms with Crippen molar-refractivity contribution in [1.82, 2.24) is 24.4 Å². The van der Waals surface area contributed by atoms with Crippen LogP contribution < -0.4 is 19.1 Å². The second-order valence-electron chi connectivity index (χ2n) is 23.6. The molecule has 82 heavy (non-hydrogen) atoms. The Morgan fingerprint density at radius 2 is 1.40 bits per heavy atom. The average molecular weight is 1160 g/mol. The molecule has 1 aliphatic heterocycles. The molecule has 1 saturated heterocycles. The maximum absolute atomic E-state index is 14.6. The van der Waals surface area contributed by atoms with Gasteiger partial charge in [-0.15, -0.1) is 0 Å². The van der Waals surface area contributed by atoms with Gasteiger partial charge in [-0.3, -0.25) is 14.4 Å². The molecule has 0 radical (unpaired) electrons. The quantitative estimate of drug-likeness (QED) is 0.0847. The molecule has 3 heterocycles. The van der Waals surface area contributed by atoms with Gasteiger partial charge in [-0.05, 0) is 146 Å². The van der Waals surface area contributed by atoms with Gasteiger partial charge in [0, 0.05) is 55.7 Å². The van der Waals surface area contributed by atoms with Crippen molar-refractivity contribution >= 4 is 61.3 Å². The lowest BCUT2D eigenvalue weighted by molar-refractivity contribution is -0.00912. The van der Waals surface area contributed by atoms with Crippen molar-refractivity contribution in [3.05, 3.63) is 214 Å². The standard InChI is InChI=1S/C67H70Cl2N6O6S/c1-65(2)34-33-48(57(41-65)47-25-29-53(68)30-26-47)43-73-35-37-74(38-36-73)54-31-32-56(63(76)72-82(78,79)55-40-59(69)64(70-42-55)80-45-46-23-27-49(28-24-46)66(3,4)77)62(39-54)81-61-22-14-21-60-58(61)44-75(71-60)67(50-15-8-5-9-16-50,51-17-10-6-11-18-51)52-19-12-7-13-20-52/h5-22,25-26,29-32,39-40,42,44,46,49,77H,23-24,27-28,33-38,41,43,45H2,1-4H3,(H,72,76)/t46-,49-. The number of carbonyl (C=O) groups is 1. The molecule has 0 spiro atoms. The zero-order chi connectivity index (χ0) is 57.2. The van der Waals surface area contributed by atoms with Crippen molar-refractivity contribution in [2.24, 2.45) is 17.3 Å². The number of ether oxygens (including phenoxy) is 2. The first kappa shape index (κ1) is 56.8. The van der Waals surface area contributed by atoms with Crippen LogP contribution in [0.3, 0.4) is 0 Å². The first-order valence-electron chi connectivity index (χ1n) is 28.4.